The molecule has 0 radical (unpaired) electrons. The monoisotopic (exact) mass is 191 g/mol. The molecular weight excluding hydrogens is 174 g/mol. The van der Waals surface area contributed by atoms with E-state index >= 15 is 0 Å². The largest absolute Gasteiger partial charge is 0.474 e. The van der Waals surface area contributed by atoms with Crippen molar-refractivity contribution in [1.29, 1.82) is 0 Å². The standard InChI is InChI=1S/C12H17NO/c1-9(2)8-11(4)14-12-7-5-6-10(3)13-12/h7,9,11H,8H2,1-4H3. The third-order valence-corrected chi connectivity index (χ3v) is 1.85. The molecule has 1 heterocycles. The van der Waals surface area contributed by atoms with E-state index in [-0.39, 0.29) is 6.10 Å². The Morgan fingerprint density at radius 2 is 2.14 bits per heavy atom. The molecule has 0 aliphatic heterocycles. The normalized spacial score (nSPS) is 12.4. The smallest absolute Gasteiger partial charge is 0.223 e. The average molecular weight is 191 g/mol. The van der Waals surface area contributed by atoms with Gasteiger partial charge in [-0.15, -0.1) is 0 Å². The van der Waals surface area contributed by atoms with E-state index in [4.69, 9.17) is 4.74 Å². The van der Waals surface area contributed by atoms with E-state index in [0.29, 0.717) is 11.8 Å². The molecule has 0 aliphatic carbocycles. The minimum absolute atomic E-state index is 0.206. The first-order valence-electron chi connectivity index (χ1n) is 5.01. The number of ether oxygens (including phenoxy) is 1. The van der Waals surface area contributed by atoms with Gasteiger partial charge in [0.2, 0.25) is 5.88 Å². The Hall–Kier alpha value is -1.23. The molecule has 14 heavy (non-hydrogen) atoms. The first-order valence-corrected chi connectivity index (χ1v) is 5.01. The quantitative estimate of drug-likeness (QED) is 0.730. The van der Waals surface area contributed by atoms with Gasteiger partial charge in [0.1, 0.15) is 0 Å². The van der Waals surface area contributed by atoms with E-state index in [1.807, 2.05) is 6.92 Å². The van der Waals surface area contributed by atoms with E-state index < -0.39 is 0 Å². The molecule has 2 nitrogen and oxygen atoms in total. The number of hydrogen-bond donors (Lipinski definition) is 0. The summed E-state index contributed by atoms with van der Waals surface area (Å²) in [5, 5.41) is 0. The van der Waals surface area contributed by atoms with Crippen LogP contribution in [0.2, 0.25) is 0 Å². The Morgan fingerprint density at radius 1 is 1.43 bits per heavy atom. The van der Waals surface area contributed by atoms with E-state index in [9.17, 15) is 0 Å². The van der Waals surface area contributed by atoms with Gasteiger partial charge in [0.15, 0.2) is 0 Å². The maximum atomic E-state index is 5.64. The zero-order chi connectivity index (χ0) is 10.6. The highest BCUT2D eigenvalue weighted by Gasteiger charge is 2.06. The first kappa shape index (κ1) is 10.8. The molecule has 1 aromatic rings. The van der Waals surface area contributed by atoms with E-state index in [1.165, 1.54) is 0 Å². The zero-order valence-corrected chi connectivity index (χ0v) is 9.29. The Bertz CT molecular complexity index is 283. The van der Waals surface area contributed by atoms with Crippen LogP contribution < -0.4 is 4.74 Å². The fraction of sp³-hybridized carbons (Fsp3) is 0.583. The van der Waals surface area contributed by atoms with Crippen LogP contribution in [-0.2, 0) is 0 Å². The van der Waals surface area contributed by atoms with Crippen molar-refractivity contribution in [3.05, 3.63) is 23.9 Å². The lowest BCUT2D eigenvalue weighted by Gasteiger charge is -2.15. The molecule has 76 valence electrons. The van der Waals surface area contributed by atoms with E-state index in [2.05, 4.69) is 37.9 Å². The van der Waals surface area contributed by atoms with Crippen molar-refractivity contribution in [2.75, 3.05) is 0 Å². The predicted octanol–water partition coefficient (Wildman–Crippen LogP) is 2.80. The van der Waals surface area contributed by atoms with E-state index in [1.54, 1.807) is 6.07 Å². The number of nitrogens with zero attached hydrogens (tertiary/aromatic N) is 1. The van der Waals surface area contributed by atoms with Gasteiger partial charge in [-0.25, -0.2) is 4.98 Å². The first-order chi connectivity index (χ1) is 6.58. The molecular formula is C12H17NO. The summed E-state index contributed by atoms with van der Waals surface area (Å²) in [7, 11) is 0. The molecule has 0 spiro atoms. The van der Waals surface area contributed by atoms with Crippen molar-refractivity contribution >= 4 is 0 Å². The number of rotatable bonds is 4. The molecule has 1 atom stereocenters. The minimum Gasteiger partial charge on any atom is -0.474 e. The highest BCUT2D eigenvalue weighted by atomic mass is 16.5. The van der Waals surface area contributed by atoms with Gasteiger partial charge < -0.3 is 4.74 Å². The van der Waals surface area contributed by atoms with Gasteiger partial charge in [0.25, 0.3) is 0 Å². The lowest BCUT2D eigenvalue weighted by molar-refractivity contribution is 0.185. The molecule has 1 aromatic heterocycles. The maximum Gasteiger partial charge on any atom is 0.223 e. The Labute approximate surface area is 86.3 Å². The number of aromatic nitrogens is 1. The van der Waals surface area contributed by atoms with Gasteiger partial charge in [-0.1, -0.05) is 19.9 Å². The molecule has 0 fully saturated rings. The van der Waals surface area contributed by atoms with Crippen molar-refractivity contribution < 1.29 is 4.74 Å². The van der Waals surface area contributed by atoms with Crippen LogP contribution in [0.15, 0.2) is 6.07 Å². The van der Waals surface area contributed by atoms with Crippen LogP contribution in [0.3, 0.4) is 0 Å². The molecule has 0 saturated heterocycles. The molecule has 0 amide bonds. The van der Waals surface area contributed by atoms with Gasteiger partial charge in [-0.2, -0.15) is 0 Å². The molecule has 0 saturated carbocycles. The van der Waals surface area contributed by atoms with E-state index in [0.717, 1.165) is 12.1 Å². The van der Waals surface area contributed by atoms with Gasteiger partial charge >= 0.3 is 0 Å². The molecule has 1 rings (SSSR count). The third-order valence-electron chi connectivity index (χ3n) is 1.85. The summed E-state index contributed by atoms with van der Waals surface area (Å²) >= 11 is 0. The summed E-state index contributed by atoms with van der Waals surface area (Å²) < 4.78 is 5.64. The number of hydrogen-bond acceptors (Lipinski definition) is 2. The third kappa shape index (κ3) is 3.66. The topological polar surface area (TPSA) is 22.1 Å². The van der Waals surface area contributed by atoms with Crippen LogP contribution in [-0.4, -0.2) is 11.1 Å². The van der Waals surface area contributed by atoms with Gasteiger partial charge in [0, 0.05) is 0 Å². The SMILES string of the molecule is Cc1c#ccc(OC(C)CC(C)C)n1. The zero-order valence-electron chi connectivity index (χ0n) is 9.29. The summed E-state index contributed by atoms with van der Waals surface area (Å²) in [5.74, 6) is 1.29. The van der Waals surface area contributed by atoms with Crippen LogP contribution in [0, 0.1) is 25.0 Å². The van der Waals surface area contributed by atoms with Crippen LogP contribution in [0.5, 0.6) is 5.88 Å². The summed E-state index contributed by atoms with van der Waals surface area (Å²) in [6.07, 6.45) is 1.25. The van der Waals surface area contributed by atoms with Crippen molar-refractivity contribution in [3.63, 3.8) is 0 Å². The van der Waals surface area contributed by atoms with Crippen molar-refractivity contribution in [1.82, 2.24) is 4.98 Å². The second kappa shape index (κ2) is 4.85. The lowest BCUT2D eigenvalue weighted by atomic mass is 10.1. The summed E-state index contributed by atoms with van der Waals surface area (Å²) in [5.41, 5.74) is 0.819. The van der Waals surface area contributed by atoms with Crippen LogP contribution >= 0.6 is 0 Å². The fourth-order valence-electron chi connectivity index (χ4n) is 1.41. The highest BCUT2D eigenvalue weighted by Crippen LogP contribution is 2.12. The molecule has 1 unspecified atom stereocenters. The molecule has 0 bridgehead atoms. The Balaban J connectivity index is 2.51. The Kier molecular flexibility index (Phi) is 3.76. The maximum absolute atomic E-state index is 5.64. The summed E-state index contributed by atoms with van der Waals surface area (Å²) in [4.78, 5) is 4.21. The van der Waals surface area contributed by atoms with Crippen molar-refractivity contribution in [2.24, 2.45) is 5.92 Å². The summed E-state index contributed by atoms with van der Waals surface area (Å²) in [6, 6.07) is 7.47. The highest BCUT2D eigenvalue weighted by molar-refractivity contribution is 5.08. The number of aryl methyl sites for hydroxylation is 1. The van der Waals surface area contributed by atoms with Gasteiger partial charge in [-0.05, 0) is 32.3 Å². The summed E-state index contributed by atoms with van der Waals surface area (Å²) in [6.45, 7) is 8.32. The van der Waals surface area contributed by atoms with Crippen molar-refractivity contribution in [2.45, 2.75) is 40.2 Å². The predicted molar refractivity (Wildman–Crippen MR) is 56.2 cm³/mol. The Morgan fingerprint density at radius 3 is 2.71 bits per heavy atom. The minimum atomic E-state index is 0.206. The van der Waals surface area contributed by atoms with Crippen LogP contribution in [0.4, 0.5) is 0 Å². The van der Waals surface area contributed by atoms with Crippen molar-refractivity contribution in [3.8, 4) is 5.88 Å². The second-order valence-electron chi connectivity index (χ2n) is 4.01. The molecule has 0 N–H and O–H groups in total. The second-order valence-corrected chi connectivity index (χ2v) is 4.01. The molecule has 2 heteroatoms. The van der Waals surface area contributed by atoms with Gasteiger partial charge in [0.05, 0.1) is 17.9 Å². The fourth-order valence-corrected chi connectivity index (χ4v) is 1.41. The lowest BCUT2D eigenvalue weighted by Crippen LogP contribution is -2.15. The average Bonchev–Trinajstić information content (AvgIpc) is 2.01. The van der Waals surface area contributed by atoms with Crippen LogP contribution in [0.25, 0.3) is 0 Å². The molecule has 0 aromatic carbocycles. The van der Waals surface area contributed by atoms with Crippen LogP contribution in [0.1, 0.15) is 32.9 Å². The molecule has 0 aliphatic rings. The van der Waals surface area contributed by atoms with Gasteiger partial charge in [-0.3, -0.25) is 0 Å².